The molecule has 0 bridgehead atoms. The Hall–Kier alpha value is -0.120. The molecule has 2 aliphatic rings. The van der Waals surface area contributed by atoms with Crippen LogP contribution in [0.1, 0.15) is 19.8 Å². The zero-order chi connectivity index (χ0) is 9.26. The average Bonchev–Trinajstić information content (AvgIpc) is 2.08. The number of ether oxygens (including phenoxy) is 1. The van der Waals surface area contributed by atoms with Crippen molar-refractivity contribution in [2.24, 2.45) is 11.7 Å². The monoisotopic (exact) mass is 184 g/mol. The predicted molar refractivity (Wildman–Crippen MR) is 52.6 cm³/mol. The highest BCUT2D eigenvalue weighted by atomic mass is 16.5. The summed E-state index contributed by atoms with van der Waals surface area (Å²) in [5, 5.41) is 0. The molecule has 3 heteroatoms. The van der Waals surface area contributed by atoms with E-state index in [0.29, 0.717) is 6.04 Å². The van der Waals surface area contributed by atoms with Gasteiger partial charge in [0.25, 0.3) is 0 Å². The topological polar surface area (TPSA) is 38.5 Å². The minimum Gasteiger partial charge on any atom is -0.379 e. The lowest BCUT2D eigenvalue weighted by Crippen LogP contribution is -2.57. The first-order valence-corrected chi connectivity index (χ1v) is 5.36. The molecule has 0 aromatic carbocycles. The third-order valence-corrected chi connectivity index (χ3v) is 3.53. The summed E-state index contributed by atoms with van der Waals surface area (Å²) in [4.78, 5) is 2.59. The van der Waals surface area contributed by atoms with Gasteiger partial charge in [-0.15, -0.1) is 0 Å². The van der Waals surface area contributed by atoms with Crippen molar-refractivity contribution in [3.8, 4) is 0 Å². The summed E-state index contributed by atoms with van der Waals surface area (Å²) in [6.45, 7) is 6.01. The smallest absolute Gasteiger partial charge is 0.0619 e. The molecule has 3 atom stereocenters. The van der Waals surface area contributed by atoms with E-state index in [2.05, 4.69) is 11.8 Å². The molecule has 0 amide bonds. The molecule has 13 heavy (non-hydrogen) atoms. The number of rotatable bonds is 2. The lowest BCUT2D eigenvalue weighted by atomic mass is 9.78. The maximum absolute atomic E-state index is 5.72. The van der Waals surface area contributed by atoms with Crippen LogP contribution in [0.5, 0.6) is 0 Å². The van der Waals surface area contributed by atoms with Gasteiger partial charge in [0.2, 0.25) is 0 Å². The van der Waals surface area contributed by atoms with Crippen LogP contribution in [0.4, 0.5) is 0 Å². The standard InChI is InChI=1S/C10H20N2O/c1-8-7-13-5-4-12(8)10-3-2-9(10)6-11/h8-10H,2-7,11H2,1H3. The van der Waals surface area contributed by atoms with Crippen molar-refractivity contribution in [2.75, 3.05) is 26.3 Å². The van der Waals surface area contributed by atoms with Crippen molar-refractivity contribution >= 4 is 0 Å². The zero-order valence-corrected chi connectivity index (χ0v) is 8.41. The van der Waals surface area contributed by atoms with Crippen LogP contribution >= 0.6 is 0 Å². The first kappa shape index (κ1) is 9.44. The number of nitrogens with two attached hydrogens (primary N) is 1. The number of nitrogens with zero attached hydrogens (tertiary/aromatic N) is 1. The van der Waals surface area contributed by atoms with Crippen molar-refractivity contribution in [2.45, 2.75) is 31.8 Å². The first-order chi connectivity index (χ1) is 6.33. The van der Waals surface area contributed by atoms with Gasteiger partial charge in [0, 0.05) is 18.6 Å². The summed E-state index contributed by atoms with van der Waals surface area (Å²) < 4.78 is 5.43. The number of hydrogen-bond donors (Lipinski definition) is 1. The van der Waals surface area contributed by atoms with Gasteiger partial charge < -0.3 is 10.5 Å². The highest BCUT2D eigenvalue weighted by molar-refractivity contribution is 4.92. The van der Waals surface area contributed by atoms with Crippen LogP contribution in [0.2, 0.25) is 0 Å². The maximum Gasteiger partial charge on any atom is 0.0619 e. The molecule has 3 nitrogen and oxygen atoms in total. The molecule has 0 spiro atoms. The average molecular weight is 184 g/mol. The van der Waals surface area contributed by atoms with Gasteiger partial charge in [-0.2, -0.15) is 0 Å². The summed E-state index contributed by atoms with van der Waals surface area (Å²) in [5.74, 6) is 0.751. The molecule has 0 radical (unpaired) electrons. The third-order valence-electron chi connectivity index (χ3n) is 3.53. The summed E-state index contributed by atoms with van der Waals surface area (Å²) >= 11 is 0. The van der Waals surface area contributed by atoms with Gasteiger partial charge in [-0.3, -0.25) is 4.90 Å². The van der Waals surface area contributed by atoms with E-state index in [1.54, 1.807) is 0 Å². The largest absolute Gasteiger partial charge is 0.379 e. The molecular formula is C10H20N2O. The Kier molecular flexibility index (Phi) is 2.86. The molecule has 3 unspecified atom stereocenters. The molecule has 76 valence electrons. The SMILES string of the molecule is CC1COCCN1C1CCC1CN. The van der Waals surface area contributed by atoms with E-state index in [1.165, 1.54) is 12.8 Å². The fraction of sp³-hybridized carbons (Fsp3) is 1.00. The van der Waals surface area contributed by atoms with Gasteiger partial charge in [0.15, 0.2) is 0 Å². The second-order valence-electron chi connectivity index (χ2n) is 4.30. The molecule has 2 fully saturated rings. The molecule has 2 rings (SSSR count). The molecule has 2 N–H and O–H groups in total. The van der Waals surface area contributed by atoms with E-state index in [1.807, 2.05) is 0 Å². The molecule has 1 aliphatic heterocycles. The van der Waals surface area contributed by atoms with Crippen LogP contribution in [0.25, 0.3) is 0 Å². The Morgan fingerprint density at radius 3 is 2.85 bits per heavy atom. The van der Waals surface area contributed by atoms with Crippen molar-refractivity contribution in [3.63, 3.8) is 0 Å². The Bertz CT molecular complexity index is 172. The lowest BCUT2D eigenvalue weighted by molar-refractivity contribution is -0.0575. The van der Waals surface area contributed by atoms with Crippen LogP contribution in [-0.2, 0) is 4.74 Å². The van der Waals surface area contributed by atoms with Crippen LogP contribution in [-0.4, -0.2) is 43.3 Å². The Labute approximate surface area is 80.2 Å². The van der Waals surface area contributed by atoms with E-state index < -0.39 is 0 Å². The van der Waals surface area contributed by atoms with Crippen molar-refractivity contribution in [1.82, 2.24) is 4.90 Å². The van der Waals surface area contributed by atoms with Crippen molar-refractivity contribution in [1.29, 1.82) is 0 Å². The second-order valence-corrected chi connectivity index (χ2v) is 4.30. The van der Waals surface area contributed by atoms with Crippen LogP contribution in [0, 0.1) is 5.92 Å². The number of hydrogen-bond acceptors (Lipinski definition) is 3. The molecule has 1 saturated carbocycles. The highest BCUT2D eigenvalue weighted by Crippen LogP contribution is 2.33. The molecule has 1 saturated heterocycles. The van der Waals surface area contributed by atoms with Gasteiger partial charge >= 0.3 is 0 Å². The highest BCUT2D eigenvalue weighted by Gasteiger charge is 2.37. The summed E-state index contributed by atoms with van der Waals surface area (Å²) in [7, 11) is 0. The Morgan fingerprint density at radius 1 is 1.46 bits per heavy atom. The van der Waals surface area contributed by atoms with E-state index >= 15 is 0 Å². The van der Waals surface area contributed by atoms with Crippen molar-refractivity contribution < 1.29 is 4.74 Å². The molecule has 1 heterocycles. The summed E-state index contributed by atoms with van der Waals surface area (Å²) in [6, 6.07) is 1.34. The summed E-state index contributed by atoms with van der Waals surface area (Å²) in [5.41, 5.74) is 5.72. The van der Waals surface area contributed by atoms with Crippen LogP contribution in [0.3, 0.4) is 0 Å². The summed E-state index contributed by atoms with van der Waals surface area (Å²) in [6.07, 6.45) is 2.66. The van der Waals surface area contributed by atoms with Crippen molar-refractivity contribution in [3.05, 3.63) is 0 Å². The molecule has 0 aromatic rings. The molecular weight excluding hydrogens is 164 g/mol. The third kappa shape index (κ3) is 1.73. The normalized spacial score (nSPS) is 41.5. The quantitative estimate of drug-likeness (QED) is 0.677. The Balaban J connectivity index is 1.91. The van der Waals surface area contributed by atoms with E-state index in [4.69, 9.17) is 10.5 Å². The van der Waals surface area contributed by atoms with E-state index in [0.717, 1.165) is 38.3 Å². The molecule has 1 aliphatic carbocycles. The Morgan fingerprint density at radius 2 is 2.31 bits per heavy atom. The zero-order valence-electron chi connectivity index (χ0n) is 8.41. The van der Waals surface area contributed by atoms with Gasteiger partial charge in [0.1, 0.15) is 0 Å². The van der Waals surface area contributed by atoms with Gasteiger partial charge in [-0.1, -0.05) is 0 Å². The predicted octanol–water partition coefficient (Wildman–Crippen LogP) is 0.444. The van der Waals surface area contributed by atoms with Crippen LogP contribution in [0.15, 0.2) is 0 Å². The molecule has 0 aromatic heterocycles. The van der Waals surface area contributed by atoms with Crippen LogP contribution < -0.4 is 5.73 Å². The fourth-order valence-corrected chi connectivity index (χ4v) is 2.50. The number of morpholine rings is 1. The first-order valence-electron chi connectivity index (χ1n) is 5.36. The van der Waals surface area contributed by atoms with Gasteiger partial charge in [-0.05, 0) is 32.2 Å². The maximum atomic E-state index is 5.72. The minimum atomic E-state index is 0.591. The van der Waals surface area contributed by atoms with Gasteiger partial charge in [-0.25, -0.2) is 0 Å². The second kappa shape index (κ2) is 3.95. The van der Waals surface area contributed by atoms with E-state index in [-0.39, 0.29) is 0 Å². The minimum absolute atomic E-state index is 0.591. The van der Waals surface area contributed by atoms with E-state index in [9.17, 15) is 0 Å². The fourth-order valence-electron chi connectivity index (χ4n) is 2.50. The lowest BCUT2D eigenvalue weighted by Gasteiger charge is -2.48. The van der Waals surface area contributed by atoms with Gasteiger partial charge in [0.05, 0.1) is 13.2 Å².